The number of aliphatic hydroxyl groups excluding tert-OH is 1. The zero-order chi connectivity index (χ0) is 16.4. The van der Waals surface area contributed by atoms with Crippen LogP contribution in [0.1, 0.15) is 24.8 Å². The summed E-state index contributed by atoms with van der Waals surface area (Å²) in [5.41, 5.74) is 12.4. The van der Waals surface area contributed by atoms with Gasteiger partial charge in [-0.3, -0.25) is 4.79 Å². The lowest BCUT2D eigenvalue weighted by Crippen LogP contribution is -2.47. The van der Waals surface area contributed by atoms with E-state index >= 15 is 0 Å². The van der Waals surface area contributed by atoms with Gasteiger partial charge in [0.15, 0.2) is 0 Å². The van der Waals surface area contributed by atoms with E-state index in [9.17, 15) is 9.90 Å². The lowest BCUT2D eigenvalue weighted by atomic mass is 10.0. The fourth-order valence-electron chi connectivity index (χ4n) is 2.24. The van der Waals surface area contributed by atoms with Gasteiger partial charge in [-0.05, 0) is 31.4 Å². The standard InChI is InChI=1S/C16H27N3O3/c17-9-5-4-8-14(16(21)22)19-11-15(20)13(18)10-12-6-2-1-3-7-12/h1-3,6-7,13-15,19-20H,4-5,8-11,17-18H2,(H,21,22)/t13-,14?,15+/m1/s1. The number of nitrogens with two attached hydrogens (primary N) is 2. The zero-order valence-corrected chi connectivity index (χ0v) is 12.8. The summed E-state index contributed by atoms with van der Waals surface area (Å²) in [5.74, 6) is -0.916. The number of unbranched alkanes of at least 4 members (excludes halogenated alkanes) is 1. The second kappa shape index (κ2) is 10.3. The molecule has 1 rings (SSSR count). The van der Waals surface area contributed by atoms with Gasteiger partial charge in [-0.2, -0.15) is 0 Å². The summed E-state index contributed by atoms with van der Waals surface area (Å²) in [5, 5.41) is 22.1. The van der Waals surface area contributed by atoms with Crippen LogP contribution in [0.25, 0.3) is 0 Å². The van der Waals surface area contributed by atoms with Gasteiger partial charge in [0.1, 0.15) is 6.04 Å². The number of carboxylic acid groups (broad SMARTS) is 1. The highest BCUT2D eigenvalue weighted by atomic mass is 16.4. The number of hydrogen-bond acceptors (Lipinski definition) is 5. The van der Waals surface area contributed by atoms with Gasteiger partial charge in [0, 0.05) is 12.6 Å². The first-order chi connectivity index (χ1) is 10.5. The van der Waals surface area contributed by atoms with Gasteiger partial charge >= 0.3 is 5.97 Å². The third-order valence-electron chi connectivity index (χ3n) is 3.63. The third-order valence-corrected chi connectivity index (χ3v) is 3.63. The molecule has 3 atom stereocenters. The molecular formula is C16H27N3O3. The molecule has 0 bridgehead atoms. The smallest absolute Gasteiger partial charge is 0.320 e. The molecule has 0 saturated heterocycles. The summed E-state index contributed by atoms with van der Waals surface area (Å²) in [6.07, 6.45) is 1.78. The highest BCUT2D eigenvalue weighted by Gasteiger charge is 2.20. The number of aliphatic hydroxyl groups is 1. The van der Waals surface area contributed by atoms with Crippen molar-refractivity contribution in [2.75, 3.05) is 13.1 Å². The lowest BCUT2D eigenvalue weighted by Gasteiger charge is -2.22. The quantitative estimate of drug-likeness (QED) is 0.369. The van der Waals surface area contributed by atoms with Gasteiger partial charge in [0.25, 0.3) is 0 Å². The highest BCUT2D eigenvalue weighted by molar-refractivity contribution is 5.73. The van der Waals surface area contributed by atoms with E-state index in [-0.39, 0.29) is 6.54 Å². The van der Waals surface area contributed by atoms with Crippen molar-refractivity contribution in [1.29, 1.82) is 0 Å². The minimum atomic E-state index is -0.916. The van der Waals surface area contributed by atoms with Crippen LogP contribution in [0.2, 0.25) is 0 Å². The molecule has 0 spiro atoms. The third kappa shape index (κ3) is 7.00. The van der Waals surface area contributed by atoms with Crippen LogP contribution in [-0.4, -0.2) is 47.5 Å². The molecule has 0 aliphatic carbocycles. The molecule has 1 aromatic carbocycles. The van der Waals surface area contributed by atoms with Crippen LogP contribution in [-0.2, 0) is 11.2 Å². The molecule has 0 saturated carbocycles. The van der Waals surface area contributed by atoms with Crippen molar-refractivity contribution >= 4 is 5.97 Å². The average Bonchev–Trinajstić information content (AvgIpc) is 2.51. The van der Waals surface area contributed by atoms with Gasteiger partial charge in [-0.1, -0.05) is 36.8 Å². The topological polar surface area (TPSA) is 122 Å². The number of aliphatic carboxylic acids is 1. The van der Waals surface area contributed by atoms with Crippen molar-refractivity contribution < 1.29 is 15.0 Å². The van der Waals surface area contributed by atoms with Crippen molar-refractivity contribution in [3.63, 3.8) is 0 Å². The van der Waals surface area contributed by atoms with E-state index in [1.54, 1.807) is 0 Å². The van der Waals surface area contributed by atoms with E-state index in [1.165, 1.54) is 0 Å². The predicted octanol–water partition coefficient (Wildman–Crippen LogP) is 0.0891. The Morgan fingerprint density at radius 3 is 2.50 bits per heavy atom. The molecule has 0 amide bonds. The van der Waals surface area contributed by atoms with E-state index in [1.807, 2.05) is 30.3 Å². The van der Waals surface area contributed by atoms with Gasteiger partial charge in [0.2, 0.25) is 0 Å². The lowest BCUT2D eigenvalue weighted by molar-refractivity contribution is -0.139. The van der Waals surface area contributed by atoms with Crippen LogP contribution in [0.3, 0.4) is 0 Å². The van der Waals surface area contributed by atoms with E-state index < -0.39 is 24.2 Å². The molecule has 7 N–H and O–H groups in total. The van der Waals surface area contributed by atoms with Crippen molar-refractivity contribution in [2.45, 2.75) is 43.9 Å². The summed E-state index contributed by atoms with van der Waals surface area (Å²) >= 11 is 0. The maximum atomic E-state index is 11.2. The molecule has 6 nitrogen and oxygen atoms in total. The van der Waals surface area contributed by atoms with Crippen LogP contribution in [0.5, 0.6) is 0 Å². The highest BCUT2D eigenvalue weighted by Crippen LogP contribution is 2.05. The van der Waals surface area contributed by atoms with E-state index in [0.29, 0.717) is 19.4 Å². The minimum Gasteiger partial charge on any atom is -0.480 e. The Kier molecular flexibility index (Phi) is 8.69. The van der Waals surface area contributed by atoms with Gasteiger partial charge in [-0.15, -0.1) is 0 Å². The number of carboxylic acids is 1. The number of nitrogens with one attached hydrogen (secondary N) is 1. The number of hydrogen-bond donors (Lipinski definition) is 5. The fourth-order valence-corrected chi connectivity index (χ4v) is 2.24. The van der Waals surface area contributed by atoms with E-state index in [0.717, 1.165) is 18.4 Å². The maximum Gasteiger partial charge on any atom is 0.320 e. The van der Waals surface area contributed by atoms with Crippen molar-refractivity contribution in [2.24, 2.45) is 11.5 Å². The van der Waals surface area contributed by atoms with Crippen LogP contribution in [0.15, 0.2) is 30.3 Å². The molecule has 1 unspecified atom stereocenters. The van der Waals surface area contributed by atoms with E-state index in [2.05, 4.69) is 5.32 Å². The maximum absolute atomic E-state index is 11.2. The first kappa shape index (κ1) is 18.6. The monoisotopic (exact) mass is 309 g/mol. The molecular weight excluding hydrogens is 282 g/mol. The predicted molar refractivity (Wildman–Crippen MR) is 86.5 cm³/mol. The Morgan fingerprint density at radius 2 is 1.91 bits per heavy atom. The Morgan fingerprint density at radius 1 is 1.23 bits per heavy atom. The molecule has 0 aromatic heterocycles. The van der Waals surface area contributed by atoms with Crippen LogP contribution in [0.4, 0.5) is 0 Å². The molecule has 124 valence electrons. The van der Waals surface area contributed by atoms with Gasteiger partial charge in [-0.25, -0.2) is 0 Å². The largest absolute Gasteiger partial charge is 0.480 e. The molecule has 0 heterocycles. The van der Waals surface area contributed by atoms with E-state index in [4.69, 9.17) is 16.6 Å². The second-order valence-corrected chi connectivity index (χ2v) is 5.50. The molecule has 0 aliphatic heterocycles. The molecule has 6 heteroatoms. The second-order valence-electron chi connectivity index (χ2n) is 5.50. The van der Waals surface area contributed by atoms with Gasteiger partial charge < -0.3 is 27.0 Å². The molecule has 0 aliphatic rings. The summed E-state index contributed by atoms with van der Waals surface area (Å²) in [6.45, 7) is 0.713. The zero-order valence-electron chi connectivity index (χ0n) is 12.8. The SMILES string of the molecule is NCCCCC(NC[C@H](O)[C@H](N)Cc1ccccc1)C(=O)O. The summed E-state index contributed by atoms with van der Waals surface area (Å²) < 4.78 is 0. The number of rotatable bonds is 11. The Labute approximate surface area is 131 Å². The Bertz CT molecular complexity index is 428. The van der Waals surface area contributed by atoms with Crippen molar-refractivity contribution in [3.8, 4) is 0 Å². The van der Waals surface area contributed by atoms with Crippen LogP contribution >= 0.6 is 0 Å². The minimum absolute atomic E-state index is 0.160. The van der Waals surface area contributed by atoms with Crippen molar-refractivity contribution in [3.05, 3.63) is 35.9 Å². The molecule has 22 heavy (non-hydrogen) atoms. The number of carbonyl (C=O) groups is 1. The number of benzene rings is 1. The van der Waals surface area contributed by atoms with Crippen LogP contribution in [0, 0.1) is 0 Å². The van der Waals surface area contributed by atoms with Crippen LogP contribution < -0.4 is 16.8 Å². The summed E-state index contributed by atoms with van der Waals surface area (Å²) in [6, 6.07) is 8.55. The fraction of sp³-hybridized carbons (Fsp3) is 0.562. The normalized spacial score (nSPS) is 15.2. The average molecular weight is 309 g/mol. The van der Waals surface area contributed by atoms with Crippen molar-refractivity contribution in [1.82, 2.24) is 5.32 Å². The molecule has 1 aromatic rings. The first-order valence-electron chi connectivity index (χ1n) is 7.68. The first-order valence-corrected chi connectivity index (χ1v) is 7.68. The molecule has 0 fully saturated rings. The molecule has 0 radical (unpaired) electrons. The Balaban J connectivity index is 2.38. The van der Waals surface area contributed by atoms with Gasteiger partial charge in [0.05, 0.1) is 6.10 Å². The summed E-state index contributed by atoms with van der Waals surface area (Å²) in [4.78, 5) is 11.2. The summed E-state index contributed by atoms with van der Waals surface area (Å²) in [7, 11) is 0. The Hall–Kier alpha value is -1.47.